The highest BCUT2D eigenvalue weighted by Gasteiger charge is 2.61. The number of rotatable bonds is 7. The van der Waals surface area contributed by atoms with Gasteiger partial charge in [-0.3, -0.25) is 14.4 Å². The molecule has 0 bridgehead atoms. The maximum absolute atomic E-state index is 14.5. The molecule has 3 aromatic carbocycles. The molecule has 11 heteroatoms. The van der Waals surface area contributed by atoms with Crippen LogP contribution in [0.5, 0.6) is 10.9 Å². The smallest absolute Gasteiger partial charge is 0.278 e. The number of aryl methyl sites for hydroxylation is 1. The molecule has 254 valence electrons. The predicted molar refractivity (Wildman–Crippen MR) is 189 cm³/mol. The molecule has 10 nitrogen and oxygen atoms in total. The molecule has 3 aliphatic rings. The molecule has 2 fully saturated rings. The number of nitrogens with one attached hydrogen (secondary N) is 3. The Morgan fingerprint density at radius 2 is 1.82 bits per heavy atom. The summed E-state index contributed by atoms with van der Waals surface area (Å²) in [6.45, 7) is 2.26. The first-order chi connectivity index (χ1) is 23.9. The van der Waals surface area contributed by atoms with Crippen LogP contribution in [0.4, 0.5) is 5.69 Å². The number of para-hydroxylation sites is 2. The lowest BCUT2D eigenvalue weighted by atomic mass is 10.0. The van der Waals surface area contributed by atoms with Crippen LogP contribution >= 0.6 is 11.3 Å². The van der Waals surface area contributed by atoms with Gasteiger partial charge >= 0.3 is 0 Å². The molecular weight excluding hydrogens is 639 g/mol. The van der Waals surface area contributed by atoms with E-state index in [-0.39, 0.29) is 24.8 Å². The number of hydroxylamine groups is 1. The van der Waals surface area contributed by atoms with Gasteiger partial charge in [0.1, 0.15) is 23.7 Å². The number of fused-ring (bicyclic) bond motifs is 3. The first-order valence-electron chi connectivity index (χ1n) is 17.0. The van der Waals surface area contributed by atoms with Gasteiger partial charge in [0.05, 0.1) is 16.8 Å². The van der Waals surface area contributed by atoms with Crippen LogP contribution in [0, 0.1) is 12.8 Å². The normalized spacial score (nSPS) is 26.3. The Kier molecular flexibility index (Phi) is 9.52. The number of hydrogen-bond acceptors (Lipinski definition) is 8. The number of carbonyl (C=O) groups excluding carboxylic acids is 3. The molecule has 0 spiro atoms. The number of thiazole rings is 1. The Morgan fingerprint density at radius 1 is 1.02 bits per heavy atom. The number of carbonyl (C=O) groups is 3. The molecule has 1 saturated carbocycles. The van der Waals surface area contributed by atoms with Gasteiger partial charge in [-0.2, -0.15) is 5.48 Å². The number of aromatic nitrogens is 1. The second-order valence-electron chi connectivity index (χ2n) is 13.2. The van der Waals surface area contributed by atoms with Gasteiger partial charge in [0.15, 0.2) is 5.75 Å². The van der Waals surface area contributed by atoms with Crippen molar-refractivity contribution in [1.82, 2.24) is 20.7 Å². The topological polar surface area (TPSA) is 122 Å². The zero-order valence-corrected chi connectivity index (χ0v) is 28.3. The lowest BCUT2D eigenvalue weighted by Crippen LogP contribution is -2.57. The third kappa shape index (κ3) is 7.41. The fourth-order valence-electron chi connectivity index (χ4n) is 6.79. The van der Waals surface area contributed by atoms with Crippen LogP contribution in [0.15, 0.2) is 91.0 Å². The molecule has 3 heterocycles. The summed E-state index contributed by atoms with van der Waals surface area (Å²) in [4.78, 5) is 54.4. The Balaban J connectivity index is 1.16. The quantitative estimate of drug-likeness (QED) is 0.163. The highest BCUT2D eigenvalue weighted by atomic mass is 32.1. The van der Waals surface area contributed by atoms with E-state index in [2.05, 4.69) is 33.2 Å². The van der Waals surface area contributed by atoms with Crippen LogP contribution in [0.25, 0.3) is 10.2 Å². The molecule has 1 aromatic heterocycles. The van der Waals surface area contributed by atoms with E-state index >= 15 is 0 Å². The predicted octanol–water partition coefficient (Wildman–Crippen LogP) is 5.94. The second kappa shape index (κ2) is 14.3. The van der Waals surface area contributed by atoms with Crippen molar-refractivity contribution in [2.45, 2.75) is 75.6 Å². The van der Waals surface area contributed by atoms with E-state index < -0.39 is 35.5 Å². The van der Waals surface area contributed by atoms with E-state index in [4.69, 9.17) is 9.57 Å². The van der Waals surface area contributed by atoms with Gasteiger partial charge in [0.25, 0.3) is 11.1 Å². The van der Waals surface area contributed by atoms with Gasteiger partial charge in [-0.1, -0.05) is 78.8 Å². The zero-order chi connectivity index (χ0) is 33.8. The maximum atomic E-state index is 14.5. The average molecular weight is 680 g/mol. The number of allylic oxidation sites excluding steroid dienone is 1. The van der Waals surface area contributed by atoms with Crippen molar-refractivity contribution in [3.8, 4) is 10.9 Å². The van der Waals surface area contributed by atoms with Crippen molar-refractivity contribution in [2.24, 2.45) is 5.92 Å². The van der Waals surface area contributed by atoms with Gasteiger partial charge in [0.2, 0.25) is 11.8 Å². The number of anilines is 1. The molecule has 7 rings (SSSR count). The first kappa shape index (κ1) is 32.6. The molecule has 1 saturated heterocycles. The van der Waals surface area contributed by atoms with Crippen LogP contribution in [0.1, 0.15) is 50.5 Å². The number of benzene rings is 3. The summed E-state index contributed by atoms with van der Waals surface area (Å²) in [5.41, 5.74) is 4.20. The van der Waals surface area contributed by atoms with Crippen molar-refractivity contribution >= 4 is 45.0 Å². The summed E-state index contributed by atoms with van der Waals surface area (Å²) in [5.74, 6) is -0.698. The standard InChI is InChI=1S/C38H41N5O5S/c1-25-19-20-30-33(21-25)49-37(40-30)47-29-22-32-34(44)41-38(36(46)42-48-28-16-10-6-11-17-28)23-26(38)13-7-3-2-4-12-18-31(35(45)43(32)24-29)39-27-14-8-5-9-15-27/h5-11,13-17,19-21,26,29,31-32,39H,2-4,12,18,22-24H2,1H3,(H,41,44)(H,42,46)/b13-7-/t26-,29+,31-,32-,38+/m0/s1. The fraction of sp³-hybridized carbons (Fsp3) is 0.368. The average Bonchev–Trinajstić information content (AvgIpc) is 3.41. The van der Waals surface area contributed by atoms with Crippen molar-refractivity contribution in [1.29, 1.82) is 0 Å². The summed E-state index contributed by atoms with van der Waals surface area (Å²) < 4.78 is 7.41. The van der Waals surface area contributed by atoms with Gasteiger partial charge in [-0.15, -0.1) is 0 Å². The number of nitrogens with zero attached hydrogens (tertiary/aromatic N) is 2. The minimum absolute atomic E-state index is 0.165. The minimum atomic E-state index is -1.19. The molecule has 2 aliphatic heterocycles. The lowest BCUT2D eigenvalue weighted by molar-refractivity contribution is -0.141. The molecular formula is C38H41N5O5S. The first-order valence-corrected chi connectivity index (χ1v) is 17.9. The molecule has 5 atom stereocenters. The van der Waals surface area contributed by atoms with E-state index in [1.807, 2.05) is 73.7 Å². The number of amides is 3. The molecule has 0 radical (unpaired) electrons. The summed E-state index contributed by atoms with van der Waals surface area (Å²) in [5, 5.41) is 7.02. The Hall–Kier alpha value is -4.90. The van der Waals surface area contributed by atoms with E-state index in [0.29, 0.717) is 23.8 Å². The zero-order valence-electron chi connectivity index (χ0n) is 27.5. The van der Waals surface area contributed by atoms with E-state index in [9.17, 15) is 14.4 Å². The van der Waals surface area contributed by atoms with Crippen LogP contribution in [0.2, 0.25) is 0 Å². The molecule has 3 N–H and O–H groups in total. The highest BCUT2D eigenvalue weighted by molar-refractivity contribution is 7.20. The summed E-state index contributed by atoms with van der Waals surface area (Å²) in [6, 6.07) is 23.3. The molecule has 3 amide bonds. The van der Waals surface area contributed by atoms with Crippen LogP contribution in [-0.2, 0) is 14.4 Å². The number of ether oxygens (including phenoxy) is 1. The second-order valence-corrected chi connectivity index (χ2v) is 14.2. The van der Waals surface area contributed by atoms with Crippen molar-refractivity contribution in [2.75, 3.05) is 11.9 Å². The Labute approximate surface area is 289 Å². The number of hydrogen-bond donors (Lipinski definition) is 3. The van der Waals surface area contributed by atoms with E-state index in [0.717, 1.165) is 47.2 Å². The Bertz CT molecular complexity index is 1830. The summed E-state index contributed by atoms with van der Waals surface area (Å²) >= 11 is 1.45. The summed E-state index contributed by atoms with van der Waals surface area (Å²) in [6.07, 6.45) is 8.61. The van der Waals surface area contributed by atoms with Crippen LogP contribution in [0.3, 0.4) is 0 Å². The van der Waals surface area contributed by atoms with Gasteiger partial charge in [-0.25, -0.2) is 4.98 Å². The molecule has 4 aromatic rings. The van der Waals surface area contributed by atoms with Gasteiger partial charge in [-0.05, 0) is 74.6 Å². The largest absolute Gasteiger partial charge is 0.465 e. The monoisotopic (exact) mass is 679 g/mol. The van der Waals surface area contributed by atoms with Crippen molar-refractivity contribution in [3.05, 3.63) is 96.6 Å². The lowest BCUT2D eigenvalue weighted by Gasteiger charge is -2.30. The SMILES string of the molecule is Cc1ccc2nc(O[C@@H]3C[C@H]4C(=O)N[C@]5(C(=O)NOc6ccccc6)C[C@@H]5/C=C\CCCCC[C@H](Nc5ccccc5)C(=O)N4C3)sc2c1. The Morgan fingerprint density at radius 3 is 2.63 bits per heavy atom. The van der Waals surface area contributed by atoms with Crippen LogP contribution in [-0.4, -0.2) is 57.9 Å². The van der Waals surface area contributed by atoms with E-state index in [1.165, 1.54) is 11.3 Å². The third-order valence-corrected chi connectivity index (χ3v) is 10.5. The molecule has 1 aliphatic carbocycles. The van der Waals surface area contributed by atoms with E-state index in [1.54, 1.807) is 17.0 Å². The molecule has 49 heavy (non-hydrogen) atoms. The van der Waals surface area contributed by atoms with Gasteiger partial charge in [0, 0.05) is 18.0 Å². The van der Waals surface area contributed by atoms with Crippen LogP contribution < -0.4 is 25.7 Å². The fourth-order valence-corrected chi connectivity index (χ4v) is 7.77. The van der Waals surface area contributed by atoms with Crippen molar-refractivity contribution in [3.63, 3.8) is 0 Å². The third-order valence-electron chi connectivity index (χ3n) is 9.56. The molecule has 0 unspecified atom stereocenters. The minimum Gasteiger partial charge on any atom is -0.465 e. The maximum Gasteiger partial charge on any atom is 0.278 e. The van der Waals surface area contributed by atoms with Crippen molar-refractivity contribution < 1.29 is 24.0 Å². The van der Waals surface area contributed by atoms with Gasteiger partial charge < -0.3 is 25.1 Å². The highest BCUT2D eigenvalue weighted by Crippen LogP contribution is 2.45. The summed E-state index contributed by atoms with van der Waals surface area (Å²) in [7, 11) is 0.